The van der Waals surface area contributed by atoms with Crippen molar-refractivity contribution in [1.82, 2.24) is 0 Å². The van der Waals surface area contributed by atoms with Crippen molar-refractivity contribution in [2.24, 2.45) is 0 Å². The molecule has 0 saturated carbocycles. The molecule has 2 unspecified atom stereocenters. The Morgan fingerprint density at radius 2 is 2.22 bits per heavy atom. The van der Waals surface area contributed by atoms with Gasteiger partial charge in [0.15, 0.2) is 11.1 Å². The Morgan fingerprint density at radius 3 is 2.72 bits per heavy atom. The summed E-state index contributed by atoms with van der Waals surface area (Å²) < 4.78 is 51.5. The Balaban J connectivity index is 2.37. The van der Waals surface area contributed by atoms with E-state index in [9.17, 15) is 17.4 Å². The van der Waals surface area contributed by atoms with Crippen molar-refractivity contribution >= 4 is 27.2 Å². The second-order valence-corrected chi connectivity index (χ2v) is 7.14. The standard InChI is InChI=1S/C9H16O7S2/c1-9(4-3-8(10)16-9)7-15-18(13,14)6-2-5-17(11)12/h2-7H2,1H3,(H,11,12). The molecule has 1 rings (SSSR count). The third kappa shape index (κ3) is 5.42. The van der Waals surface area contributed by atoms with Crippen molar-refractivity contribution in [3.8, 4) is 0 Å². The molecule has 0 radical (unpaired) electrons. The van der Waals surface area contributed by atoms with Gasteiger partial charge in [0.1, 0.15) is 12.2 Å². The minimum absolute atomic E-state index is 0.0436. The molecule has 106 valence electrons. The highest BCUT2D eigenvalue weighted by Crippen LogP contribution is 2.26. The van der Waals surface area contributed by atoms with E-state index >= 15 is 0 Å². The first-order chi connectivity index (χ1) is 8.22. The van der Waals surface area contributed by atoms with Crippen molar-refractivity contribution in [2.75, 3.05) is 18.1 Å². The molecule has 7 nitrogen and oxygen atoms in total. The van der Waals surface area contributed by atoms with Gasteiger partial charge < -0.3 is 9.29 Å². The van der Waals surface area contributed by atoms with Crippen molar-refractivity contribution in [1.29, 1.82) is 0 Å². The summed E-state index contributed by atoms with van der Waals surface area (Å²) in [6, 6.07) is 0. The zero-order valence-corrected chi connectivity index (χ0v) is 11.6. The smallest absolute Gasteiger partial charge is 0.306 e. The van der Waals surface area contributed by atoms with E-state index < -0.39 is 26.8 Å². The summed E-state index contributed by atoms with van der Waals surface area (Å²) in [5.74, 6) is -0.813. The maximum absolute atomic E-state index is 11.4. The van der Waals surface area contributed by atoms with Crippen LogP contribution in [0.2, 0.25) is 0 Å². The van der Waals surface area contributed by atoms with E-state index in [0.717, 1.165) is 0 Å². The van der Waals surface area contributed by atoms with Gasteiger partial charge in [0, 0.05) is 6.42 Å². The molecule has 0 aliphatic carbocycles. The summed E-state index contributed by atoms with van der Waals surface area (Å²) in [6.07, 6.45) is 0.716. The molecule has 0 bridgehead atoms. The van der Waals surface area contributed by atoms with Crippen molar-refractivity contribution < 1.29 is 30.9 Å². The highest BCUT2D eigenvalue weighted by atomic mass is 32.2. The molecule has 0 spiro atoms. The van der Waals surface area contributed by atoms with Gasteiger partial charge in [-0.15, -0.1) is 0 Å². The van der Waals surface area contributed by atoms with Crippen LogP contribution in [0.3, 0.4) is 0 Å². The van der Waals surface area contributed by atoms with Crippen LogP contribution in [0.25, 0.3) is 0 Å². The highest BCUT2D eigenvalue weighted by molar-refractivity contribution is 7.86. The number of carbonyl (C=O) groups is 1. The minimum Gasteiger partial charge on any atom is -0.457 e. The van der Waals surface area contributed by atoms with E-state index in [0.29, 0.717) is 6.42 Å². The van der Waals surface area contributed by atoms with Crippen LogP contribution >= 0.6 is 0 Å². The van der Waals surface area contributed by atoms with Crippen LogP contribution in [0.15, 0.2) is 0 Å². The Hall–Kier alpha value is -0.510. The molecular formula is C9H16O7S2. The normalized spacial score (nSPS) is 26.0. The highest BCUT2D eigenvalue weighted by Gasteiger charge is 2.37. The lowest BCUT2D eigenvalue weighted by Crippen LogP contribution is -2.32. The Kier molecular flexibility index (Phi) is 5.26. The first-order valence-electron chi connectivity index (χ1n) is 5.39. The number of esters is 1. The van der Waals surface area contributed by atoms with Gasteiger partial charge in [-0.2, -0.15) is 8.42 Å². The average molecular weight is 300 g/mol. The molecule has 0 aromatic heterocycles. The van der Waals surface area contributed by atoms with Gasteiger partial charge in [-0.05, 0) is 19.8 Å². The number of hydrogen-bond donors (Lipinski definition) is 1. The number of rotatable bonds is 7. The summed E-state index contributed by atoms with van der Waals surface area (Å²) in [4.78, 5) is 10.9. The molecule has 9 heteroatoms. The third-order valence-electron chi connectivity index (χ3n) is 2.48. The number of ether oxygens (including phenoxy) is 1. The summed E-state index contributed by atoms with van der Waals surface area (Å²) >= 11 is -2.01. The predicted octanol–water partition coefficient (Wildman–Crippen LogP) is 0.0403. The van der Waals surface area contributed by atoms with E-state index in [2.05, 4.69) is 0 Å². The molecule has 0 aromatic carbocycles. The summed E-state index contributed by atoms with van der Waals surface area (Å²) in [7, 11) is -3.76. The maximum Gasteiger partial charge on any atom is 0.306 e. The van der Waals surface area contributed by atoms with E-state index in [1.54, 1.807) is 6.92 Å². The van der Waals surface area contributed by atoms with E-state index in [-0.39, 0.29) is 36.9 Å². The van der Waals surface area contributed by atoms with Crippen LogP contribution in [0.5, 0.6) is 0 Å². The second kappa shape index (κ2) is 6.09. The molecule has 0 aromatic rings. The van der Waals surface area contributed by atoms with E-state index in [1.165, 1.54) is 0 Å². The molecule has 1 fully saturated rings. The molecule has 1 aliphatic rings. The first kappa shape index (κ1) is 15.5. The zero-order valence-electron chi connectivity index (χ0n) is 9.96. The zero-order chi connectivity index (χ0) is 13.8. The third-order valence-corrected chi connectivity index (χ3v) is 4.38. The lowest BCUT2D eigenvalue weighted by Gasteiger charge is -2.21. The summed E-state index contributed by atoms with van der Waals surface area (Å²) in [6.45, 7) is 1.39. The Bertz CT molecular complexity index is 430. The van der Waals surface area contributed by atoms with Gasteiger partial charge >= 0.3 is 5.97 Å². The fraction of sp³-hybridized carbons (Fsp3) is 0.889. The lowest BCUT2D eigenvalue weighted by atomic mass is 10.1. The predicted molar refractivity (Wildman–Crippen MR) is 63.7 cm³/mol. The van der Waals surface area contributed by atoms with Crippen LogP contribution < -0.4 is 0 Å². The summed E-state index contributed by atoms with van der Waals surface area (Å²) in [5.41, 5.74) is -0.899. The maximum atomic E-state index is 11.4. The van der Waals surface area contributed by atoms with Gasteiger partial charge in [-0.3, -0.25) is 8.98 Å². The molecule has 1 heterocycles. The SMILES string of the molecule is CC1(COS(=O)(=O)CCCS(=O)O)CCC(=O)O1. The fourth-order valence-corrected chi connectivity index (χ4v) is 3.10. The molecule has 2 atom stereocenters. The molecular weight excluding hydrogens is 284 g/mol. The van der Waals surface area contributed by atoms with Crippen LogP contribution in [0, 0.1) is 0 Å². The van der Waals surface area contributed by atoms with Crippen LogP contribution in [0.1, 0.15) is 26.2 Å². The lowest BCUT2D eigenvalue weighted by molar-refractivity contribution is -0.149. The van der Waals surface area contributed by atoms with Crippen LogP contribution in [-0.2, 0) is 34.9 Å². The van der Waals surface area contributed by atoms with Gasteiger partial charge in [-0.25, -0.2) is 4.21 Å². The topological polar surface area (TPSA) is 107 Å². The molecule has 0 amide bonds. The van der Waals surface area contributed by atoms with Crippen molar-refractivity contribution in [3.05, 3.63) is 0 Å². The number of hydrogen-bond acceptors (Lipinski definition) is 6. The largest absolute Gasteiger partial charge is 0.457 e. The molecule has 1 aliphatic heterocycles. The van der Waals surface area contributed by atoms with Crippen molar-refractivity contribution in [2.45, 2.75) is 31.8 Å². The van der Waals surface area contributed by atoms with Crippen molar-refractivity contribution in [3.63, 3.8) is 0 Å². The van der Waals surface area contributed by atoms with Gasteiger partial charge in [-0.1, -0.05) is 0 Å². The number of carbonyl (C=O) groups excluding carboxylic acids is 1. The first-order valence-corrected chi connectivity index (χ1v) is 8.24. The molecule has 1 saturated heterocycles. The molecule has 18 heavy (non-hydrogen) atoms. The quantitative estimate of drug-likeness (QED) is 0.402. The Morgan fingerprint density at radius 1 is 1.56 bits per heavy atom. The van der Waals surface area contributed by atoms with E-state index in [4.69, 9.17) is 13.5 Å². The van der Waals surface area contributed by atoms with Gasteiger partial charge in [0.05, 0.1) is 11.5 Å². The van der Waals surface area contributed by atoms with Gasteiger partial charge in [0.25, 0.3) is 10.1 Å². The summed E-state index contributed by atoms with van der Waals surface area (Å²) in [5, 5.41) is 0. The molecule has 1 N–H and O–H groups in total. The number of cyclic esters (lactones) is 1. The fourth-order valence-electron chi connectivity index (χ4n) is 1.48. The van der Waals surface area contributed by atoms with Crippen LogP contribution in [0.4, 0.5) is 0 Å². The Labute approximate surface area is 108 Å². The average Bonchev–Trinajstić information content (AvgIpc) is 2.56. The van der Waals surface area contributed by atoms with Crippen LogP contribution in [-0.4, -0.2) is 46.9 Å². The van der Waals surface area contributed by atoms with E-state index in [1.807, 2.05) is 0 Å². The monoisotopic (exact) mass is 300 g/mol. The minimum atomic E-state index is -3.76. The van der Waals surface area contributed by atoms with Gasteiger partial charge in [0.2, 0.25) is 0 Å². The second-order valence-electron chi connectivity index (χ2n) is 4.33.